The van der Waals surface area contributed by atoms with E-state index in [1.165, 1.54) is 11.3 Å². The molecule has 0 saturated carbocycles. The zero-order chi connectivity index (χ0) is 15.4. The maximum Gasteiger partial charge on any atom is 0.271 e. The number of hydrogen-bond acceptors (Lipinski definition) is 7. The summed E-state index contributed by atoms with van der Waals surface area (Å²) in [7, 11) is 0. The van der Waals surface area contributed by atoms with E-state index in [4.69, 9.17) is 5.73 Å². The molecule has 2 aromatic heterocycles. The second kappa shape index (κ2) is 9.73. The first-order valence-corrected chi connectivity index (χ1v) is 8.11. The molecule has 1 saturated heterocycles. The lowest BCUT2D eigenvalue weighted by molar-refractivity contribution is 0.0928. The molecule has 1 amide bonds. The fourth-order valence-electron chi connectivity index (χ4n) is 2.50. The van der Waals surface area contributed by atoms with Crippen LogP contribution in [0.1, 0.15) is 28.3 Å². The predicted molar refractivity (Wildman–Crippen MR) is 99.2 cm³/mol. The number of nitrogens with zero attached hydrogens (tertiary/aromatic N) is 4. The van der Waals surface area contributed by atoms with Crippen molar-refractivity contribution in [3.8, 4) is 0 Å². The van der Waals surface area contributed by atoms with E-state index in [9.17, 15) is 4.79 Å². The highest BCUT2D eigenvalue weighted by molar-refractivity contribution is 7.09. The Labute approximate surface area is 156 Å². The van der Waals surface area contributed by atoms with E-state index in [2.05, 4.69) is 25.2 Å². The number of nitrogens with one attached hydrogen (secondary N) is 1. The molecule has 3 heterocycles. The minimum Gasteiger partial charge on any atom is -0.346 e. The topological polar surface area (TPSA) is 97.0 Å². The summed E-state index contributed by atoms with van der Waals surface area (Å²) in [5.74, 6) is 0.567. The first-order valence-electron chi connectivity index (χ1n) is 7.23. The molecule has 0 bridgehead atoms. The molecule has 3 rings (SSSR count). The lowest BCUT2D eigenvalue weighted by atomic mass is 10.1. The number of amides is 1. The molecular weight excluding hydrogens is 371 g/mol. The Bertz CT molecular complexity index is 641. The Morgan fingerprint density at radius 2 is 2.12 bits per heavy atom. The van der Waals surface area contributed by atoms with Crippen LogP contribution in [0.3, 0.4) is 0 Å². The van der Waals surface area contributed by atoms with Crippen LogP contribution in [-0.2, 0) is 6.54 Å². The molecular formula is C14H20Cl2N6OS. The molecule has 1 atom stereocenters. The number of carbonyl (C=O) groups is 1. The summed E-state index contributed by atoms with van der Waals surface area (Å²) in [4.78, 5) is 27.1. The molecule has 10 heteroatoms. The van der Waals surface area contributed by atoms with Gasteiger partial charge in [0.2, 0.25) is 5.95 Å². The average Bonchev–Trinajstić information content (AvgIpc) is 3.05. The Morgan fingerprint density at radius 3 is 2.79 bits per heavy atom. The van der Waals surface area contributed by atoms with Gasteiger partial charge in [-0.25, -0.2) is 15.0 Å². The van der Waals surface area contributed by atoms with Crippen molar-refractivity contribution >= 4 is 48.0 Å². The fourth-order valence-corrected chi connectivity index (χ4v) is 3.15. The predicted octanol–water partition coefficient (Wildman–Crippen LogP) is 1.63. The summed E-state index contributed by atoms with van der Waals surface area (Å²) in [6.07, 6.45) is 5.40. The SMILES string of the molecule is Cl.Cl.NCc1nc(C(=O)NC2CCCN(c3ncccn3)C2)cs1. The van der Waals surface area contributed by atoms with Gasteiger partial charge in [0.05, 0.1) is 0 Å². The molecule has 2 aromatic rings. The smallest absolute Gasteiger partial charge is 0.271 e. The molecule has 0 radical (unpaired) electrons. The number of rotatable bonds is 4. The van der Waals surface area contributed by atoms with Gasteiger partial charge in [-0.05, 0) is 18.9 Å². The zero-order valence-electron chi connectivity index (χ0n) is 12.9. The highest BCUT2D eigenvalue weighted by Gasteiger charge is 2.24. The number of carbonyl (C=O) groups excluding carboxylic acids is 1. The van der Waals surface area contributed by atoms with Crippen molar-refractivity contribution in [2.24, 2.45) is 5.73 Å². The maximum atomic E-state index is 12.2. The van der Waals surface area contributed by atoms with E-state index in [1.54, 1.807) is 23.8 Å². The number of thiazole rings is 1. The second-order valence-corrected chi connectivity index (χ2v) is 6.08. The van der Waals surface area contributed by atoms with Crippen LogP contribution < -0.4 is 16.0 Å². The van der Waals surface area contributed by atoms with Crippen molar-refractivity contribution in [3.63, 3.8) is 0 Å². The molecule has 1 aliphatic rings. The Hall–Kier alpha value is -1.48. The van der Waals surface area contributed by atoms with Gasteiger partial charge in [0, 0.05) is 43.4 Å². The van der Waals surface area contributed by atoms with E-state index in [-0.39, 0.29) is 36.8 Å². The van der Waals surface area contributed by atoms with Crippen LogP contribution in [0.25, 0.3) is 0 Å². The summed E-state index contributed by atoms with van der Waals surface area (Å²) in [6, 6.07) is 1.87. The third kappa shape index (κ3) is 5.01. The second-order valence-electron chi connectivity index (χ2n) is 5.14. The summed E-state index contributed by atoms with van der Waals surface area (Å²) in [5, 5.41) is 5.56. The first kappa shape index (κ1) is 20.6. The zero-order valence-corrected chi connectivity index (χ0v) is 15.4. The lowest BCUT2D eigenvalue weighted by Gasteiger charge is -2.32. The number of hydrogen-bond donors (Lipinski definition) is 2. The quantitative estimate of drug-likeness (QED) is 0.823. The van der Waals surface area contributed by atoms with Crippen LogP contribution in [0.15, 0.2) is 23.8 Å². The Morgan fingerprint density at radius 1 is 1.38 bits per heavy atom. The van der Waals surface area contributed by atoms with E-state index < -0.39 is 0 Å². The maximum absolute atomic E-state index is 12.2. The van der Waals surface area contributed by atoms with Crippen molar-refractivity contribution in [3.05, 3.63) is 34.5 Å². The van der Waals surface area contributed by atoms with Gasteiger partial charge in [-0.3, -0.25) is 4.79 Å². The minimum atomic E-state index is -0.142. The molecule has 132 valence electrons. The van der Waals surface area contributed by atoms with E-state index >= 15 is 0 Å². The number of nitrogens with two attached hydrogens (primary N) is 1. The highest BCUT2D eigenvalue weighted by Crippen LogP contribution is 2.16. The summed E-state index contributed by atoms with van der Waals surface area (Å²) in [5.41, 5.74) is 5.97. The third-order valence-corrected chi connectivity index (χ3v) is 4.42. The van der Waals surface area contributed by atoms with Crippen molar-refractivity contribution in [1.82, 2.24) is 20.3 Å². The van der Waals surface area contributed by atoms with Gasteiger partial charge in [0.1, 0.15) is 10.7 Å². The Kier molecular flexibility index (Phi) is 8.34. The van der Waals surface area contributed by atoms with E-state index in [0.29, 0.717) is 24.7 Å². The average molecular weight is 391 g/mol. The lowest BCUT2D eigenvalue weighted by Crippen LogP contribution is -2.48. The molecule has 0 aliphatic carbocycles. The normalized spacial score (nSPS) is 16.7. The van der Waals surface area contributed by atoms with Gasteiger partial charge in [0.15, 0.2) is 0 Å². The molecule has 0 spiro atoms. The van der Waals surface area contributed by atoms with Gasteiger partial charge in [0.25, 0.3) is 5.91 Å². The number of halogens is 2. The Balaban J connectivity index is 0.00000144. The van der Waals surface area contributed by atoms with Crippen LogP contribution in [0.5, 0.6) is 0 Å². The summed E-state index contributed by atoms with van der Waals surface area (Å²) < 4.78 is 0. The molecule has 0 aromatic carbocycles. The van der Waals surface area contributed by atoms with Crippen LogP contribution in [0, 0.1) is 0 Å². The van der Waals surface area contributed by atoms with E-state index in [1.807, 2.05) is 0 Å². The summed E-state index contributed by atoms with van der Waals surface area (Å²) in [6.45, 7) is 1.98. The first-order chi connectivity index (χ1) is 10.8. The van der Waals surface area contributed by atoms with Gasteiger partial charge in [-0.2, -0.15) is 0 Å². The van der Waals surface area contributed by atoms with Crippen molar-refractivity contribution in [2.45, 2.75) is 25.4 Å². The van der Waals surface area contributed by atoms with Crippen molar-refractivity contribution in [2.75, 3.05) is 18.0 Å². The van der Waals surface area contributed by atoms with Crippen LogP contribution >= 0.6 is 36.2 Å². The largest absolute Gasteiger partial charge is 0.346 e. The monoisotopic (exact) mass is 390 g/mol. The van der Waals surface area contributed by atoms with E-state index in [0.717, 1.165) is 24.4 Å². The molecule has 7 nitrogen and oxygen atoms in total. The number of piperidine rings is 1. The number of aromatic nitrogens is 3. The van der Waals surface area contributed by atoms with Crippen LogP contribution in [0.2, 0.25) is 0 Å². The summed E-state index contributed by atoms with van der Waals surface area (Å²) >= 11 is 1.41. The van der Waals surface area contributed by atoms with Crippen LogP contribution in [-0.4, -0.2) is 40.0 Å². The van der Waals surface area contributed by atoms with Gasteiger partial charge < -0.3 is 16.0 Å². The van der Waals surface area contributed by atoms with Gasteiger partial charge >= 0.3 is 0 Å². The highest BCUT2D eigenvalue weighted by atomic mass is 35.5. The molecule has 1 fully saturated rings. The van der Waals surface area contributed by atoms with Crippen molar-refractivity contribution in [1.29, 1.82) is 0 Å². The molecule has 1 aliphatic heterocycles. The molecule has 3 N–H and O–H groups in total. The minimum absolute atomic E-state index is 0. The standard InChI is InChI=1S/C14H18N6OS.2ClH/c15-7-12-19-11(9-22-12)13(21)18-10-3-1-6-20(8-10)14-16-4-2-5-17-14;;/h2,4-5,9-10H,1,3,6-8,15H2,(H,18,21);2*1H. The van der Waals surface area contributed by atoms with Crippen molar-refractivity contribution < 1.29 is 4.79 Å². The van der Waals surface area contributed by atoms with Gasteiger partial charge in [-0.1, -0.05) is 0 Å². The number of anilines is 1. The molecule has 24 heavy (non-hydrogen) atoms. The van der Waals surface area contributed by atoms with Crippen LogP contribution in [0.4, 0.5) is 5.95 Å². The third-order valence-electron chi connectivity index (χ3n) is 3.55. The molecule has 1 unspecified atom stereocenters. The van der Waals surface area contributed by atoms with Gasteiger partial charge in [-0.15, -0.1) is 36.2 Å². The fraction of sp³-hybridized carbons (Fsp3) is 0.429.